The van der Waals surface area contributed by atoms with Crippen molar-refractivity contribution in [1.82, 2.24) is 14.5 Å². The van der Waals surface area contributed by atoms with E-state index in [1.165, 1.54) is 5.56 Å². The molecule has 1 aliphatic rings. The maximum Gasteiger partial charge on any atom is 0.225 e. The Kier molecular flexibility index (Phi) is 5.87. The first-order valence-corrected chi connectivity index (χ1v) is 8.95. The Bertz CT molecular complexity index is 683. The molecule has 0 saturated heterocycles. The van der Waals surface area contributed by atoms with Gasteiger partial charge in [0.2, 0.25) is 5.91 Å². The lowest BCUT2D eigenvalue weighted by Gasteiger charge is -2.21. The summed E-state index contributed by atoms with van der Waals surface area (Å²) in [6.07, 6.45) is 6.78. The molecule has 134 valence electrons. The molecule has 5 nitrogen and oxygen atoms in total. The highest BCUT2D eigenvalue weighted by molar-refractivity contribution is 5.78. The summed E-state index contributed by atoms with van der Waals surface area (Å²) in [5.41, 5.74) is 1.23. The Hall–Kier alpha value is -2.14. The molecule has 0 N–H and O–H groups in total. The fourth-order valence-electron chi connectivity index (χ4n) is 3.70. The second kappa shape index (κ2) is 8.30. The fraction of sp³-hybridized carbons (Fsp3) is 0.500. The lowest BCUT2D eigenvalue weighted by atomic mass is 10.0. The standard InChI is InChI=1S/C20H27N3O2/c1-22(20(24)18-9-8-17(12-18)15-25-2)14-19-21-10-11-23(19)13-16-6-4-3-5-7-16/h3-7,10-11,17-18H,8-9,12-15H2,1-2H3/t17-,18+/m1/s1. The van der Waals surface area contributed by atoms with Gasteiger partial charge in [-0.05, 0) is 30.7 Å². The van der Waals surface area contributed by atoms with E-state index in [1.807, 2.05) is 36.3 Å². The Morgan fingerprint density at radius 1 is 1.32 bits per heavy atom. The third-order valence-electron chi connectivity index (χ3n) is 5.05. The Balaban J connectivity index is 1.59. The summed E-state index contributed by atoms with van der Waals surface area (Å²) in [6, 6.07) is 10.3. The summed E-state index contributed by atoms with van der Waals surface area (Å²) in [4.78, 5) is 19.0. The van der Waals surface area contributed by atoms with Crippen LogP contribution in [-0.4, -0.2) is 41.1 Å². The Labute approximate surface area is 149 Å². The highest BCUT2D eigenvalue weighted by Gasteiger charge is 2.31. The molecule has 2 aromatic rings. The van der Waals surface area contributed by atoms with Crippen LogP contribution in [0.4, 0.5) is 0 Å². The number of imidazole rings is 1. The van der Waals surface area contributed by atoms with Gasteiger partial charge in [0.1, 0.15) is 5.82 Å². The van der Waals surface area contributed by atoms with Gasteiger partial charge in [-0.3, -0.25) is 4.79 Å². The number of carbonyl (C=O) groups is 1. The van der Waals surface area contributed by atoms with E-state index in [1.54, 1.807) is 13.3 Å². The predicted octanol–water partition coefficient (Wildman–Crippen LogP) is 2.95. The number of amides is 1. The van der Waals surface area contributed by atoms with Gasteiger partial charge in [-0.25, -0.2) is 4.98 Å². The largest absolute Gasteiger partial charge is 0.384 e. The molecule has 1 aliphatic carbocycles. The van der Waals surface area contributed by atoms with Crippen molar-refractivity contribution in [1.29, 1.82) is 0 Å². The average Bonchev–Trinajstić information content (AvgIpc) is 3.25. The number of hydrogen-bond donors (Lipinski definition) is 0. The lowest BCUT2D eigenvalue weighted by molar-refractivity contribution is -0.134. The molecule has 1 aromatic carbocycles. The molecule has 1 aromatic heterocycles. The van der Waals surface area contributed by atoms with Gasteiger partial charge in [-0.15, -0.1) is 0 Å². The number of methoxy groups -OCH3 is 1. The van der Waals surface area contributed by atoms with Crippen molar-refractivity contribution in [3.8, 4) is 0 Å². The molecule has 2 atom stereocenters. The predicted molar refractivity (Wildman–Crippen MR) is 97.0 cm³/mol. The SMILES string of the molecule is COC[C@@H]1CC[C@H](C(=O)N(C)Cc2nccn2Cc2ccccc2)C1. The number of hydrogen-bond acceptors (Lipinski definition) is 3. The van der Waals surface area contributed by atoms with E-state index in [4.69, 9.17) is 4.74 Å². The zero-order chi connectivity index (χ0) is 17.6. The van der Waals surface area contributed by atoms with Crippen LogP contribution in [0, 0.1) is 11.8 Å². The zero-order valence-corrected chi connectivity index (χ0v) is 15.1. The van der Waals surface area contributed by atoms with Gasteiger partial charge in [0.15, 0.2) is 0 Å². The number of aromatic nitrogens is 2. The highest BCUT2D eigenvalue weighted by Crippen LogP contribution is 2.32. The van der Waals surface area contributed by atoms with Gasteiger partial charge in [-0.2, -0.15) is 0 Å². The number of ether oxygens (including phenoxy) is 1. The van der Waals surface area contributed by atoms with E-state index < -0.39 is 0 Å². The maximum absolute atomic E-state index is 12.7. The van der Waals surface area contributed by atoms with Crippen LogP contribution < -0.4 is 0 Å². The minimum atomic E-state index is 0.127. The van der Waals surface area contributed by atoms with E-state index >= 15 is 0 Å². The molecular formula is C20H27N3O2. The van der Waals surface area contributed by atoms with Gasteiger partial charge in [0.05, 0.1) is 6.54 Å². The summed E-state index contributed by atoms with van der Waals surface area (Å²) >= 11 is 0. The fourth-order valence-corrected chi connectivity index (χ4v) is 3.70. The smallest absolute Gasteiger partial charge is 0.225 e. The number of rotatable bonds is 7. The zero-order valence-electron chi connectivity index (χ0n) is 15.1. The molecule has 1 saturated carbocycles. The summed E-state index contributed by atoms with van der Waals surface area (Å²) in [6.45, 7) is 2.08. The van der Waals surface area contributed by atoms with E-state index in [0.29, 0.717) is 12.5 Å². The number of carbonyl (C=O) groups excluding carboxylic acids is 1. The summed E-state index contributed by atoms with van der Waals surface area (Å²) in [7, 11) is 3.61. The van der Waals surface area contributed by atoms with Crippen LogP contribution in [0.1, 0.15) is 30.7 Å². The normalized spacial score (nSPS) is 19.9. The van der Waals surface area contributed by atoms with Crippen LogP contribution in [0.3, 0.4) is 0 Å². The van der Waals surface area contributed by atoms with E-state index in [9.17, 15) is 4.79 Å². The minimum Gasteiger partial charge on any atom is -0.384 e. The monoisotopic (exact) mass is 341 g/mol. The quantitative estimate of drug-likeness (QED) is 0.778. The second-order valence-corrected chi connectivity index (χ2v) is 6.98. The van der Waals surface area contributed by atoms with Crippen LogP contribution in [0.25, 0.3) is 0 Å². The van der Waals surface area contributed by atoms with Crippen molar-refractivity contribution in [2.75, 3.05) is 20.8 Å². The highest BCUT2D eigenvalue weighted by atomic mass is 16.5. The molecule has 0 bridgehead atoms. The third-order valence-corrected chi connectivity index (χ3v) is 5.05. The molecule has 5 heteroatoms. The van der Waals surface area contributed by atoms with E-state index in [-0.39, 0.29) is 11.8 Å². The van der Waals surface area contributed by atoms with Crippen molar-refractivity contribution in [3.63, 3.8) is 0 Å². The van der Waals surface area contributed by atoms with Gasteiger partial charge in [0, 0.05) is 45.6 Å². The third kappa shape index (κ3) is 4.48. The molecule has 3 rings (SSSR count). The summed E-state index contributed by atoms with van der Waals surface area (Å²) in [5.74, 6) is 1.80. The molecule has 1 amide bonds. The minimum absolute atomic E-state index is 0.127. The summed E-state index contributed by atoms with van der Waals surface area (Å²) in [5, 5.41) is 0. The average molecular weight is 341 g/mol. The molecular weight excluding hydrogens is 314 g/mol. The Morgan fingerprint density at radius 2 is 2.12 bits per heavy atom. The van der Waals surface area contributed by atoms with Crippen LogP contribution in [0.15, 0.2) is 42.7 Å². The van der Waals surface area contributed by atoms with Crippen molar-refractivity contribution < 1.29 is 9.53 Å². The molecule has 0 radical (unpaired) electrons. The van der Waals surface area contributed by atoms with E-state index in [0.717, 1.165) is 38.2 Å². The topological polar surface area (TPSA) is 47.4 Å². The summed E-state index contributed by atoms with van der Waals surface area (Å²) < 4.78 is 7.35. The first kappa shape index (κ1) is 17.7. The molecule has 1 fully saturated rings. The molecule has 1 heterocycles. The first-order chi connectivity index (χ1) is 12.2. The van der Waals surface area contributed by atoms with Crippen LogP contribution >= 0.6 is 0 Å². The maximum atomic E-state index is 12.7. The molecule has 0 unspecified atom stereocenters. The second-order valence-electron chi connectivity index (χ2n) is 6.98. The van der Waals surface area contributed by atoms with Crippen molar-refractivity contribution in [2.45, 2.75) is 32.4 Å². The van der Waals surface area contributed by atoms with Gasteiger partial charge in [0.25, 0.3) is 0 Å². The molecule has 0 spiro atoms. The van der Waals surface area contributed by atoms with Crippen LogP contribution in [-0.2, 0) is 22.6 Å². The van der Waals surface area contributed by atoms with Gasteiger partial charge < -0.3 is 14.2 Å². The Morgan fingerprint density at radius 3 is 2.88 bits per heavy atom. The first-order valence-electron chi connectivity index (χ1n) is 8.95. The van der Waals surface area contributed by atoms with Gasteiger partial charge >= 0.3 is 0 Å². The van der Waals surface area contributed by atoms with Crippen LogP contribution in [0.5, 0.6) is 0 Å². The lowest BCUT2D eigenvalue weighted by Crippen LogP contribution is -2.32. The van der Waals surface area contributed by atoms with Gasteiger partial charge in [-0.1, -0.05) is 30.3 Å². The van der Waals surface area contributed by atoms with Crippen molar-refractivity contribution in [2.24, 2.45) is 11.8 Å². The molecule has 25 heavy (non-hydrogen) atoms. The number of benzene rings is 1. The van der Waals surface area contributed by atoms with Crippen molar-refractivity contribution >= 4 is 5.91 Å². The van der Waals surface area contributed by atoms with Crippen molar-refractivity contribution in [3.05, 3.63) is 54.1 Å². The van der Waals surface area contributed by atoms with Crippen LogP contribution in [0.2, 0.25) is 0 Å². The number of nitrogens with zero attached hydrogens (tertiary/aromatic N) is 3. The van der Waals surface area contributed by atoms with E-state index in [2.05, 4.69) is 21.7 Å². The molecule has 0 aliphatic heterocycles.